The van der Waals surface area contributed by atoms with E-state index >= 15 is 0 Å². The van der Waals surface area contributed by atoms with E-state index in [2.05, 4.69) is 10.1 Å². The minimum Gasteiger partial charge on any atom is -0.435 e. The number of rotatable bonds is 6. The number of hydrogen-bond donors (Lipinski definition) is 2. The molecule has 1 unspecified atom stereocenters. The van der Waals surface area contributed by atoms with Crippen molar-refractivity contribution in [1.82, 2.24) is 5.32 Å². The molecule has 1 atom stereocenters. The van der Waals surface area contributed by atoms with Gasteiger partial charge in [0.15, 0.2) is 0 Å². The zero-order chi connectivity index (χ0) is 14.4. The molecule has 104 valence electrons. The lowest BCUT2D eigenvalue weighted by Crippen LogP contribution is -2.33. The molecule has 3 N–H and O–H groups in total. The summed E-state index contributed by atoms with van der Waals surface area (Å²) in [5.74, 6) is -0.604. The van der Waals surface area contributed by atoms with Gasteiger partial charge in [-0.05, 0) is 18.2 Å². The molecule has 1 amide bonds. The highest BCUT2D eigenvalue weighted by atomic mass is 32.1. The van der Waals surface area contributed by atoms with Crippen LogP contribution < -0.4 is 15.8 Å². The predicted octanol–water partition coefficient (Wildman–Crippen LogP) is 1.94. The summed E-state index contributed by atoms with van der Waals surface area (Å²) in [6.07, 6.45) is 0. The molecule has 0 bridgehead atoms. The van der Waals surface area contributed by atoms with Crippen molar-refractivity contribution in [3.63, 3.8) is 0 Å². The monoisotopic (exact) mass is 288 g/mol. The molecule has 0 heterocycles. The van der Waals surface area contributed by atoms with Gasteiger partial charge in [0.05, 0.1) is 4.99 Å². The van der Waals surface area contributed by atoms with Crippen LogP contribution in [0.4, 0.5) is 8.78 Å². The lowest BCUT2D eigenvalue weighted by atomic mass is 10.1. The second-order valence-corrected chi connectivity index (χ2v) is 4.39. The fraction of sp³-hybridized carbons (Fsp3) is 0.333. The summed E-state index contributed by atoms with van der Waals surface area (Å²) < 4.78 is 28.3. The van der Waals surface area contributed by atoms with Crippen molar-refractivity contribution < 1.29 is 18.3 Å². The predicted molar refractivity (Wildman–Crippen MR) is 71.4 cm³/mol. The molecule has 0 aliphatic rings. The Bertz CT molecular complexity index is 469. The Morgan fingerprint density at radius 1 is 1.53 bits per heavy atom. The van der Waals surface area contributed by atoms with Gasteiger partial charge in [-0.2, -0.15) is 8.78 Å². The second kappa shape index (κ2) is 6.98. The molecule has 0 saturated heterocycles. The van der Waals surface area contributed by atoms with Crippen LogP contribution in [0.2, 0.25) is 0 Å². The van der Waals surface area contributed by atoms with E-state index in [9.17, 15) is 13.6 Å². The third-order valence-corrected chi connectivity index (χ3v) is 2.78. The number of ether oxygens (including phenoxy) is 1. The number of carbonyl (C=O) groups excluding carboxylic acids is 1. The largest absolute Gasteiger partial charge is 0.435 e. The van der Waals surface area contributed by atoms with Gasteiger partial charge in [0.25, 0.3) is 5.91 Å². The molecule has 0 aliphatic heterocycles. The van der Waals surface area contributed by atoms with Crippen LogP contribution in [0.1, 0.15) is 17.3 Å². The number of nitrogens with two attached hydrogens (primary N) is 1. The molecule has 7 heteroatoms. The first kappa shape index (κ1) is 15.3. The number of thiocarbonyl (C=S) groups is 1. The van der Waals surface area contributed by atoms with Gasteiger partial charge in [0, 0.05) is 18.0 Å². The van der Waals surface area contributed by atoms with E-state index in [1.807, 2.05) is 0 Å². The molecule has 1 rings (SSSR count). The number of carbonyl (C=O) groups is 1. The smallest absolute Gasteiger partial charge is 0.387 e. The number of amides is 1. The summed E-state index contributed by atoms with van der Waals surface area (Å²) >= 11 is 4.78. The Morgan fingerprint density at radius 3 is 2.79 bits per heavy atom. The maximum absolute atomic E-state index is 12.0. The average Bonchev–Trinajstić information content (AvgIpc) is 2.34. The number of halogens is 2. The van der Waals surface area contributed by atoms with Crippen LogP contribution in [-0.2, 0) is 0 Å². The highest BCUT2D eigenvalue weighted by molar-refractivity contribution is 7.80. The van der Waals surface area contributed by atoms with Crippen molar-refractivity contribution in [3.05, 3.63) is 29.8 Å². The summed E-state index contributed by atoms with van der Waals surface area (Å²) in [7, 11) is 0. The number of nitrogens with one attached hydrogen (secondary N) is 1. The first-order valence-electron chi connectivity index (χ1n) is 5.52. The molecule has 0 spiro atoms. The van der Waals surface area contributed by atoms with E-state index < -0.39 is 12.5 Å². The van der Waals surface area contributed by atoms with E-state index in [0.717, 1.165) is 0 Å². The molecule has 19 heavy (non-hydrogen) atoms. The van der Waals surface area contributed by atoms with Crippen LogP contribution in [0.3, 0.4) is 0 Å². The van der Waals surface area contributed by atoms with Crippen LogP contribution in [0.25, 0.3) is 0 Å². The molecule has 1 aromatic carbocycles. The van der Waals surface area contributed by atoms with Crippen molar-refractivity contribution in [2.45, 2.75) is 13.5 Å². The van der Waals surface area contributed by atoms with Gasteiger partial charge in [-0.3, -0.25) is 4.79 Å². The molecule has 1 aromatic rings. The van der Waals surface area contributed by atoms with Gasteiger partial charge in [-0.1, -0.05) is 25.2 Å². The van der Waals surface area contributed by atoms with Gasteiger partial charge >= 0.3 is 6.61 Å². The van der Waals surface area contributed by atoms with E-state index in [4.69, 9.17) is 18.0 Å². The van der Waals surface area contributed by atoms with Crippen LogP contribution in [0.5, 0.6) is 5.75 Å². The quantitative estimate of drug-likeness (QED) is 0.785. The van der Waals surface area contributed by atoms with Gasteiger partial charge in [0.2, 0.25) is 0 Å². The molecule has 0 saturated carbocycles. The summed E-state index contributed by atoms with van der Waals surface area (Å²) in [4.78, 5) is 12.1. The SMILES string of the molecule is CC(CNC(=O)c1cccc(OC(F)F)c1)C(N)=S. The van der Waals surface area contributed by atoms with Crippen LogP contribution in [0.15, 0.2) is 24.3 Å². The standard InChI is InChI=1S/C12H14F2N2O2S/c1-7(10(15)19)6-16-11(17)8-3-2-4-9(5-8)18-12(13)14/h2-5,7,12H,6H2,1H3,(H2,15,19)(H,16,17). The van der Waals surface area contributed by atoms with E-state index in [-0.39, 0.29) is 23.8 Å². The summed E-state index contributed by atoms with van der Waals surface area (Å²) in [6, 6.07) is 5.55. The van der Waals surface area contributed by atoms with Crippen molar-refractivity contribution in [2.24, 2.45) is 11.7 Å². The first-order valence-corrected chi connectivity index (χ1v) is 5.93. The van der Waals surface area contributed by atoms with Gasteiger partial charge in [-0.15, -0.1) is 0 Å². The second-order valence-electron chi connectivity index (χ2n) is 3.92. The lowest BCUT2D eigenvalue weighted by Gasteiger charge is -2.11. The van der Waals surface area contributed by atoms with Crippen LogP contribution in [-0.4, -0.2) is 24.1 Å². The van der Waals surface area contributed by atoms with E-state index in [0.29, 0.717) is 4.99 Å². The Labute approximate surface area is 114 Å². The van der Waals surface area contributed by atoms with Crippen molar-refractivity contribution in [1.29, 1.82) is 0 Å². The maximum Gasteiger partial charge on any atom is 0.387 e. The summed E-state index contributed by atoms with van der Waals surface area (Å²) in [6.45, 7) is -0.861. The number of benzene rings is 1. The Kier molecular flexibility index (Phi) is 5.62. The molecular weight excluding hydrogens is 274 g/mol. The van der Waals surface area contributed by atoms with E-state index in [1.165, 1.54) is 24.3 Å². The average molecular weight is 288 g/mol. The molecular formula is C12H14F2N2O2S. The lowest BCUT2D eigenvalue weighted by molar-refractivity contribution is -0.0498. The zero-order valence-electron chi connectivity index (χ0n) is 10.2. The van der Waals surface area contributed by atoms with Crippen molar-refractivity contribution >= 4 is 23.1 Å². The normalized spacial score (nSPS) is 12.0. The fourth-order valence-corrected chi connectivity index (χ4v) is 1.35. The molecule has 0 aromatic heterocycles. The number of alkyl halides is 2. The maximum atomic E-state index is 12.0. The van der Waals surface area contributed by atoms with Gasteiger partial charge < -0.3 is 15.8 Å². The molecule has 0 fully saturated rings. The Balaban J connectivity index is 2.64. The van der Waals surface area contributed by atoms with Gasteiger partial charge in [-0.25, -0.2) is 0 Å². The minimum absolute atomic E-state index is 0.0648. The van der Waals surface area contributed by atoms with Crippen LogP contribution in [0, 0.1) is 5.92 Å². The van der Waals surface area contributed by atoms with Crippen molar-refractivity contribution in [3.8, 4) is 5.75 Å². The Hall–Kier alpha value is -1.76. The minimum atomic E-state index is -2.92. The highest BCUT2D eigenvalue weighted by Crippen LogP contribution is 2.15. The fourth-order valence-electron chi connectivity index (χ4n) is 1.26. The molecule has 0 radical (unpaired) electrons. The first-order chi connectivity index (χ1) is 8.90. The third kappa shape index (κ3) is 5.17. The van der Waals surface area contributed by atoms with Crippen LogP contribution >= 0.6 is 12.2 Å². The molecule has 4 nitrogen and oxygen atoms in total. The zero-order valence-corrected chi connectivity index (χ0v) is 11.0. The topological polar surface area (TPSA) is 64.3 Å². The summed E-state index contributed by atoms with van der Waals surface area (Å²) in [5, 5.41) is 2.61. The Morgan fingerprint density at radius 2 is 2.21 bits per heavy atom. The van der Waals surface area contributed by atoms with Gasteiger partial charge in [0.1, 0.15) is 5.75 Å². The van der Waals surface area contributed by atoms with Crippen molar-refractivity contribution in [2.75, 3.05) is 6.54 Å². The number of hydrogen-bond acceptors (Lipinski definition) is 3. The highest BCUT2D eigenvalue weighted by Gasteiger charge is 2.11. The summed E-state index contributed by atoms with van der Waals surface area (Å²) in [5.41, 5.74) is 5.65. The molecule has 0 aliphatic carbocycles. The van der Waals surface area contributed by atoms with E-state index in [1.54, 1.807) is 6.92 Å². The third-order valence-electron chi connectivity index (χ3n) is 2.38.